The van der Waals surface area contributed by atoms with Gasteiger partial charge in [-0.15, -0.1) is 6.58 Å². The normalized spacial score (nSPS) is 16.8. The van der Waals surface area contributed by atoms with E-state index >= 15 is 0 Å². The summed E-state index contributed by atoms with van der Waals surface area (Å²) in [5.41, 5.74) is 2.17. The Morgan fingerprint density at radius 3 is 2.69 bits per heavy atom. The fourth-order valence-electron chi connectivity index (χ4n) is 3.55. The number of para-hydroxylation sites is 1. The molecule has 0 bridgehead atoms. The van der Waals surface area contributed by atoms with Gasteiger partial charge in [-0.05, 0) is 49.2 Å². The lowest BCUT2D eigenvalue weighted by Gasteiger charge is -2.32. The topological polar surface area (TPSA) is 61.4 Å². The fraction of sp³-hybridized carbons (Fsp3) is 0.304. The van der Waals surface area contributed by atoms with Gasteiger partial charge < -0.3 is 10.6 Å². The molecule has 2 aromatic carbocycles. The Hall–Kier alpha value is -2.63. The lowest BCUT2D eigenvalue weighted by molar-refractivity contribution is -0.121. The average molecular weight is 412 g/mol. The van der Waals surface area contributed by atoms with Gasteiger partial charge in [0.1, 0.15) is 0 Å². The maximum atomic E-state index is 12.9. The summed E-state index contributed by atoms with van der Waals surface area (Å²) < 4.78 is 0. The second-order valence-electron chi connectivity index (χ2n) is 7.23. The molecule has 1 aliphatic rings. The Morgan fingerprint density at radius 2 is 1.93 bits per heavy atom. The van der Waals surface area contributed by atoms with Gasteiger partial charge in [0.2, 0.25) is 5.91 Å². The molecular formula is C23H26ClN3O2. The number of halogens is 1. The molecule has 0 radical (unpaired) electrons. The van der Waals surface area contributed by atoms with Crippen LogP contribution in [0.1, 0.15) is 28.8 Å². The maximum absolute atomic E-state index is 12.9. The molecule has 6 heteroatoms. The smallest absolute Gasteiger partial charge is 0.253 e. The van der Waals surface area contributed by atoms with Crippen LogP contribution in [-0.4, -0.2) is 36.3 Å². The van der Waals surface area contributed by atoms with Crippen molar-refractivity contribution >= 4 is 29.1 Å². The van der Waals surface area contributed by atoms with E-state index in [1.54, 1.807) is 24.3 Å². The molecule has 0 saturated carbocycles. The van der Waals surface area contributed by atoms with E-state index in [1.165, 1.54) is 5.56 Å². The molecule has 29 heavy (non-hydrogen) atoms. The van der Waals surface area contributed by atoms with Crippen LogP contribution in [0.5, 0.6) is 0 Å². The van der Waals surface area contributed by atoms with E-state index < -0.39 is 0 Å². The van der Waals surface area contributed by atoms with E-state index in [0.717, 1.165) is 31.0 Å². The molecule has 1 aliphatic heterocycles. The third kappa shape index (κ3) is 5.92. The van der Waals surface area contributed by atoms with Gasteiger partial charge in [0.25, 0.3) is 5.91 Å². The molecule has 2 N–H and O–H groups in total. The van der Waals surface area contributed by atoms with Gasteiger partial charge in [-0.1, -0.05) is 41.9 Å². The minimum Gasteiger partial charge on any atom is -0.349 e. The highest BCUT2D eigenvalue weighted by Crippen LogP contribution is 2.22. The largest absolute Gasteiger partial charge is 0.349 e. The van der Waals surface area contributed by atoms with Crippen LogP contribution in [0, 0.1) is 5.92 Å². The number of nitrogens with zero attached hydrogens (tertiary/aromatic N) is 1. The van der Waals surface area contributed by atoms with Crippen LogP contribution in [0.3, 0.4) is 0 Å². The summed E-state index contributed by atoms with van der Waals surface area (Å²) >= 11 is 5.96. The Morgan fingerprint density at radius 1 is 1.17 bits per heavy atom. The second-order valence-corrected chi connectivity index (χ2v) is 7.67. The monoisotopic (exact) mass is 411 g/mol. The number of hydrogen-bond donors (Lipinski definition) is 2. The fourth-order valence-corrected chi connectivity index (χ4v) is 3.67. The molecule has 1 atom stereocenters. The summed E-state index contributed by atoms with van der Waals surface area (Å²) in [7, 11) is 0. The van der Waals surface area contributed by atoms with Gasteiger partial charge in [0, 0.05) is 24.7 Å². The third-order valence-electron chi connectivity index (χ3n) is 5.03. The Kier molecular flexibility index (Phi) is 7.44. The Balaban J connectivity index is 1.62. The number of piperidine rings is 1. The van der Waals surface area contributed by atoms with Gasteiger partial charge >= 0.3 is 0 Å². The second kappa shape index (κ2) is 10.2. The minimum atomic E-state index is -0.228. The zero-order chi connectivity index (χ0) is 20.6. The van der Waals surface area contributed by atoms with Crippen LogP contribution in [0.2, 0.25) is 5.02 Å². The van der Waals surface area contributed by atoms with Crippen molar-refractivity contribution in [2.45, 2.75) is 19.4 Å². The molecule has 1 saturated heterocycles. The van der Waals surface area contributed by atoms with Crippen molar-refractivity contribution in [3.8, 4) is 0 Å². The first-order valence-electron chi connectivity index (χ1n) is 9.82. The van der Waals surface area contributed by atoms with E-state index in [0.29, 0.717) is 24.3 Å². The summed E-state index contributed by atoms with van der Waals surface area (Å²) in [5, 5.41) is 6.44. The van der Waals surface area contributed by atoms with Crippen LogP contribution in [0.25, 0.3) is 0 Å². The highest BCUT2D eigenvalue weighted by Gasteiger charge is 2.26. The predicted molar refractivity (Wildman–Crippen MR) is 117 cm³/mol. The number of carbonyl (C=O) groups excluding carboxylic acids is 2. The lowest BCUT2D eigenvalue weighted by Crippen LogP contribution is -2.40. The van der Waals surface area contributed by atoms with Crippen LogP contribution >= 0.6 is 11.6 Å². The standard InChI is InChI=1S/C23H26ClN3O2/c1-2-13-25-23(29)20-7-3-4-8-21(20)26-22(28)18-6-5-14-27(16-18)15-17-9-11-19(24)12-10-17/h2-4,7-12,18H,1,5-6,13-16H2,(H,25,29)(H,26,28). The molecule has 152 valence electrons. The number of rotatable bonds is 7. The summed E-state index contributed by atoms with van der Waals surface area (Å²) in [4.78, 5) is 27.5. The van der Waals surface area contributed by atoms with Gasteiger partial charge in [0.15, 0.2) is 0 Å². The van der Waals surface area contributed by atoms with Crippen molar-refractivity contribution in [1.29, 1.82) is 0 Å². The Labute approximate surface area is 176 Å². The Bertz CT molecular complexity index is 867. The highest BCUT2D eigenvalue weighted by atomic mass is 35.5. The number of hydrogen-bond acceptors (Lipinski definition) is 3. The highest BCUT2D eigenvalue weighted by molar-refractivity contribution is 6.30. The van der Waals surface area contributed by atoms with Crippen molar-refractivity contribution in [2.24, 2.45) is 5.92 Å². The van der Waals surface area contributed by atoms with Crippen molar-refractivity contribution in [2.75, 3.05) is 25.0 Å². The molecule has 0 aliphatic carbocycles. The van der Waals surface area contributed by atoms with Crippen LogP contribution in [-0.2, 0) is 11.3 Å². The number of amides is 2. The van der Waals surface area contributed by atoms with E-state index in [4.69, 9.17) is 11.6 Å². The van der Waals surface area contributed by atoms with Gasteiger partial charge in [0.05, 0.1) is 17.2 Å². The first-order chi connectivity index (χ1) is 14.1. The summed E-state index contributed by atoms with van der Waals surface area (Å²) in [5.74, 6) is -0.385. The summed E-state index contributed by atoms with van der Waals surface area (Å²) in [6.45, 7) is 6.43. The van der Waals surface area contributed by atoms with E-state index in [1.807, 2.05) is 30.3 Å². The van der Waals surface area contributed by atoms with Crippen LogP contribution in [0.15, 0.2) is 61.2 Å². The van der Waals surface area contributed by atoms with Crippen molar-refractivity contribution in [3.63, 3.8) is 0 Å². The molecule has 2 amide bonds. The number of likely N-dealkylation sites (tertiary alicyclic amines) is 1. The lowest BCUT2D eigenvalue weighted by atomic mass is 9.96. The number of anilines is 1. The molecule has 0 aromatic heterocycles. The van der Waals surface area contributed by atoms with Crippen LogP contribution in [0.4, 0.5) is 5.69 Å². The van der Waals surface area contributed by atoms with E-state index in [-0.39, 0.29) is 17.7 Å². The molecule has 2 aromatic rings. The maximum Gasteiger partial charge on any atom is 0.253 e. The molecule has 1 fully saturated rings. The molecule has 5 nitrogen and oxygen atoms in total. The molecule has 0 spiro atoms. The van der Waals surface area contributed by atoms with E-state index in [9.17, 15) is 9.59 Å². The molecular weight excluding hydrogens is 386 g/mol. The van der Waals surface area contributed by atoms with Crippen molar-refractivity contribution < 1.29 is 9.59 Å². The SMILES string of the molecule is C=CCNC(=O)c1ccccc1NC(=O)C1CCCN(Cc2ccc(Cl)cc2)C1. The number of benzene rings is 2. The molecule has 3 rings (SSSR count). The van der Waals surface area contributed by atoms with Crippen molar-refractivity contribution in [3.05, 3.63) is 77.3 Å². The van der Waals surface area contributed by atoms with Gasteiger partial charge in [-0.25, -0.2) is 0 Å². The first-order valence-corrected chi connectivity index (χ1v) is 10.2. The van der Waals surface area contributed by atoms with Gasteiger partial charge in [-0.2, -0.15) is 0 Å². The summed E-state index contributed by atoms with van der Waals surface area (Å²) in [6, 6.07) is 14.9. The third-order valence-corrected chi connectivity index (χ3v) is 5.28. The molecule has 1 heterocycles. The predicted octanol–water partition coefficient (Wildman–Crippen LogP) is 4.11. The van der Waals surface area contributed by atoms with E-state index in [2.05, 4.69) is 22.1 Å². The number of nitrogens with one attached hydrogen (secondary N) is 2. The minimum absolute atomic E-state index is 0.0465. The summed E-state index contributed by atoms with van der Waals surface area (Å²) in [6.07, 6.45) is 3.43. The molecule has 1 unspecified atom stereocenters. The van der Waals surface area contributed by atoms with Crippen molar-refractivity contribution in [1.82, 2.24) is 10.2 Å². The zero-order valence-electron chi connectivity index (χ0n) is 16.4. The average Bonchev–Trinajstić information content (AvgIpc) is 2.74. The number of carbonyl (C=O) groups is 2. The first kappa shape index (κ1) is 21.1. The van der Waals surface area contributed by atoms with Crippen LogP contribution < -0.4 is 10.6 Å². The van der Waals surface area contributed by atoms with Gasteiger partial charge in [-0.3, -0.25) is 14.5 Å². The zero-order valence-corrected chi connectivity index (χ0v) is 17.1. The quantitative estimate of drug-likeness (QED) is 0.674.